The highest BCUT2D eigenvalue weighted by Gasteiger charge is 2.17. The third kappa shape index (κ3) is 3.21. The first-order chi connectivity index (χ1) is 9.06. The molecule has 2 amide bonds. The van der Waals surface area contributed by atoms with E-state index in [1.165, 1.54) is 6.07 Å². The third-order valence-electron chi connectivity index (χ3n) is 2.50. The maximum Gasteiger partial charge on any atom is 0.305 e. The number of carboxylic acid groups (broad SMARTS) is 1. The summed E-state index contributed by atoms with van der Waals surface area (Å²) >= 11 is 0. The molecule has 7 heteroatoms. The number of benzene rings is 1. The summed E-state index contributed by atoms with van der Waals surface area (Å²) in [7, 11) is 0. The summed E-state index contributed by atoms with van der Waals surface area (Å²) < 4.78 is 5.16. The zero-order chi connectivity index (χ0) is 13.8. The van der Waals surface area contributed by atoms with E-state index in [0.29, 0.717) is 17.0 Å². The first-order valence-electron chi connectivity index (χ1n) is 5.63. The summed E-state index contributed by atoms with van der Waals surface area (Å²) in [4.78, 5) is 33.2. The van der Waals surface area contributed by atoms with E-state index in [2.05, 4.69) is 10.6 Å². The Kier molecular flexibility index (Phi) is 3.65. The Morgan fingerprint density at radius 2 is 2.21 bits per heavy atom. The van der Waals surface area contributed by atoms with Crippen LogP contribution in [0.2, 0.25) is 0 Å². The lowest BCUT2D eigenvalue weighted by molar-refractivity contribution is -0.136. The SMILES string of the molecule is O=C(O)CCNC(=O)c1ccc2c(c1)NC(=O)CO2. The number of fused-ring (bicyclic) bond motifs is 1. The average Bonchev–Trinajstić information content (AvgIpc) is 2.37. The summed E-state index contributed by atoms with van der Waals surface area (Å²) in [5.41, 5.74) is 0.761. The van der Waals surface area contributed by atoms with Crippen LogP contribution in [0.25, 0.3) is 0 Å². The van der Waals surface area contributed by atoms with Crippen LogP contribution < -0.4 is 15.4 Å². The highest BCUT2D eigenvalue weighted by molar-refractivity contribution is 5.99. The summed E-state index contributed by atoms with van der Waals surface area (Å²) in [5.74, 6) is -1.16. The number of carboxylic acids is 1. The fourth-order valence-electron chi connectivity index (χ4n) is 1.61. The molecule has 0 aromatic heterocycles. The minimum Gasteiger partial charge on any atom is -0.482 e. The molecule has 0 radical (unpaired) electrons. The largest absolute Gasteiger partial charge is 0.482 e. The quantitative estimate of drug-likeness (QED) is 0.721. The number of nitrogens with one attached hydrogen (secondary N) is 2. The number of carbonyl (C=O) groups is 3. The molecule has 0 bridgehead atoms. The van der Waals surface area contributed by atoms with E-state index >= 15 is 0 Å². The van der Waals surface area contributed by atoms with Gasteiger partial charge in [0.1, 0.15) is 5.75 Å². The van der Waals surface area contributed by atoms with Crippen molar-refractivity contribution >= 4 is 23.5 Å². The van der Waals surface area contributed by atoms with Crippen molar-refractivity contribution in [3.8, 4) is 5.75 Å². The Labute approximate surface area is 108 Å². The molecule has 0 saturated carbocycles. The van der Waals surface area contributed by atoms with Crippen LogP contribution >= 0.6 is 0 Å². The molecule has 100 valence electrons. The maximum absolute atomic E-state index is 11.7. The second-order valence-corrected chi connectivity index (χ2v) is 3.95. The Morgan fingerprint density at radius 1 is 1.42 bits per heavy atom. The van der Waals surface area contributed by atoms with E-state index < -0.39 is 11.9 Å². The number of aliphatic carboxylic acids is 1. The zero-order valence-corrected chi connectivity index (χ0v) is 9.93. The molecular weight excluding hydrogens is 252 g/mol. The van der Waals surface area contributed by atoms with Gasteiger partial charge in [0.05, 0.1) is 12.1 Å². The number of carbonyl (C=O) groups excluding carboxylic acids is 2. The van der Waals surface area contributed by atoms with Crippen LogP contribution in [0, 0.1) is 0 Å². The Morgan fingerprint density at radius 3 is 2.95 bits per heavy atom. The number of anilines is 1. The monoisotopic (exact) mass is 264 g/mol. The van der Waals surface area contributed by atoms with Gasteiger partial charge >= 0.3 is 5.97 Å². The predicted molar refractivity (Wildman–Crippen MR) is 65.2 cm³/mol. The predicted octanol–water partition coefficient (Wildman–Crippen LogP) is 0.222. The van der Waals surface area contributed by atoms with Crippen molar-refractivity contribution in [2.75, 3.05) is 18.5 Å². The molecule has 1 aliphatic heterocycles. The van der Waals surface area contributed by atoms with E-state index in [1.54, 1.807) is 12.1 Å². The topological polar surface area (TPSA) is 105 Å². The van der Waals surface area contributed by atoms with E-state index in [-0.39, 0.29) is 25.5 Å². The van der Waals surface area contributed by atoms with Crippen molar-refractivity contribution < 1.29 is 24.2 Å². The van der Waals surface area contributed by atoms with Gasteiger partial charge in [-0.25, -0.2) is 0 Å². The van der Waals surface area contributed by atoms with Gasteiger partial charge in [0.2, 0.25) is 0 Å². The molecule has 0 fully saturated rings. The zero-order valence-electron chi connectivity index (χ0n) is 9.93. The molecule has 1 aliphatic rings. The maximum atomic E-state index is 11.7. The average molecular weight is 264 g/mol. The number of hydrogen-bond acceptors (Lipinski definition) is 4. The first kappa shape index (κ1) is 12.9. The van der Waals surface area contributed by atoms with Crippen molar-refractivity contribution in [2.24, 2.45) is 0 Å². The number of amides is 2. The van der Waals surface area contributed by atoms with Gasteiger partial charge in [0.15, 0.2) is 6.61 Å². The minimum atomic E-state index is -0.980. The second kappa shape index (κ2) is 5.38. The molecule has 7 nitrogen and oxygen atoms in total. The van der Waals surface area contributed by atoms with Gasteiger partial charge in [0, 0.05) is 12.1 Å². The van der Waals surface area contributed by atoms with Gasteiger partial charge in [-0.2, -0.15) is 0 Å². The fourth-order valence-corrected chi connectivity index (χ4v) is 1.61. The van der Waals surface area contributed by atoms with Crippen LogP contribution in [0.4, 0.5) is 5.69 Å². The van der Waals surface area contributed by atoms with E-state index in [0.717, 1.165) is 0 Å². The lowest BCUT2D eigenvalue weighted by Crippen LogP contribution is -2.28. The molecular formula is C12H12N2O5. The molecule has 3 N–H and O–H groups in total. The van der Waals surface area contributed by atoms with Gasteiger partial charge in [-0.3, -0.25) is 14.4 Å². The normalized spacial score (nSPS) is 12.9. The number of ether oxygens (including phenoxy) is 1. The van der Waals surface area contributed by atoms with Crippen LogP contribution in [0.5, 0.6) is 5.75 Å². The van der Waals surface area contributed by atoms with Crippen molar-refractivity contribution in [1.82, 2.24) is 5.32 Å². The summed E-state index contributed by atoms with van der Waals surface area (Å²) in [5, 5.41) is 13.5. The van der Waals surface area contributed by atoms with Crippen molar-refractivity contribution in [3.63, 3.8) is 0 Å². The van der Waals surface area contributed by atoms with Crippen LogP contribution in [-0.4, -0.2) is 36.0 Å². The van der Waals surface area contributed by atoms with Gasteiger partial charge in [0.25, 0.3) is 11.8 Å². The first-order valence-corrected chi connectivity index (χ1v) is 5.63. The second-order valence-electron chi connectivity index (χ2n) is 3.95. The molecule has 1 heterocycles. The van der Waals surface area contributed by atoms with Crippen molar-refractivity contribution in [3.05, 3.63) is 23.8 Å². The number of rotatable bonds is 4. The summed E-state index contributed by atoms with van der Waals surface area (Å²) in [6.07, 6.45) is -0.142. The molecule has 0 unspecified atom stereocenters. The van der Waals surface area contributed by atoms with Crippen LogP contribution in [0.1, 0.15) is 16.8 Å². The summed E-state index contributed by atoms with van der Waals surface area (Å²) in [6, 6.07) is 4.62. The smallest absolute Gasteiger partial charge is 0.305 e. The third-order valence-corrected chi connectivity index (χ3v) is 2.50. The van der Waals surface area contributed by atoms with Crippen LogP contribution in [-0.2, 0) is 9.59 Å². The molecule has 0 aliphatic carbocycles. The molecule has 0 atom stereocenters. The Hall–Kier alpha value is -2.57. The highest BCUT2D eigenvalue weighted by atomic mass is 16.5. The number of hydrogen-bond donors (Lipinski definition) is 3. The van der Waals surface area contributed by atoms with Crippen molar-refractivity contribution in [1.29, 1.82) is 0 Å². The summed E-state index contributed by atoms with van der Waals surface area (Å²) in [6.45, 7) is 0.00522. The lowest BCUT2D eigenvalue weighted by Gasteiger charge is -2.18. The van der Waals surface area contributed by atoms with E-state index in [9.17, 15) is 14.4 Å². The van der Waals surface area contributed by atoms with Crippen LogP contribution in [0.15, 0.2) is 18.2 Å². The Bertz CT molecular complexity index is 541. The molecule has 1 aromatic carbocycles. The molecule has 0 spiro atoms. The Balaban J connectivity index is 2.04. The molecule has 19 heavy (non-hydrogen) atoms. The minimum absolute atomic E-state index is 0.0445. The van der Waals surface area contributed by atoms with Crippen LogP contribution in [0.3, 0.4) is 0 Å². The van der Waals surface area contributed by atoms with Gasteiger partial charge in [-0.05, 0) is 18.2 Å². The van der Waals surface area contributed by atoms with Gasteiger partial charge < -0.3 is 20.5 Å². The van der Waals surface area contributed by atoms with Gasteiger partial charge in [-0.15, -0.1) is 0 Å². The molecule has 1 aromatic rings. The van der Waals surface area contributed by atoms with E-state index in [4.69, 9.17) is 9.84 Å². The highest BCUT2D eigenvalue weighted by Crippen LogP contribution is 2.28. The van der Waals surface area contributed by atoms with Gasteiger partial charge in [-0.1, -0.05) is 0 Å². The standard InChI is InChI=1S/C12H12N2O5/c15-10-6-19-9-2-1-7(5-8(9)14-10)12(18)13-4-3-11(16)17/h1-2,5H,3-4,6H2,(H,13,18)(H,14,15)(H,16,17). The molecule has 0 saturated heterocycles. The van der Waals surface area contributed by atoms with Crippen molar-refractivity contribution in [2.45, 2.75) is 6.42 Å². The van der Waals surface area contributed by atoms with E-state index in [1.807, 2.05) is 0 Å². The lowest BCUT2D eigenvalue weighted by atomic mass is 10.1. The molecule has 2 rings (SSSR count). The fraction of sp³-hybridized carbons (Fsp3) is 0.250.